The average Bonchev–Trinajstić information content (AvgIpc) is 3.04. The van der Waals surface area contributed by atoms with Gasteiger partial charge < -0.3 is 4.74 Å². The molecule has 0 saturated heterocycles. The fourth-order valence-corrected chi connectivity index (χ4v) is 3.15. The Morgan fingerprint density at radius 1 is 1.17 bits per heavy atom. The van der Waals surface area contributed by atoms with Crippen LogP contribution in [0.15, 0.2) is 53.7 Å². The summed E-state index contributed by atoms with van der Waals surface area (Å²) in [5.41, 5.74) is 2.11. The first-order valence-electron chi connectivity index (χ1n) is 7.06. The molecule has 3 rings (SSSR count). The molecule has 0 aliphatic carbocycles. The van der Waals surface area contributed by atoms with Crippen molar-refractivity contribution in [2.24, 2.45) is 0 Å². The summed E-state index contributed by atoms with van der Waals surface area (Å²) in [6, 6.07) is 15.5. The van der Waals surface area contributed by atoms with Crippen LogP contribution < -0.4 is 4.74 Å². The highest BCUT2D eigenvalue weighted by atomic mass is 35.5. The summed E-state index contributed by atoms with van der Waals surface area (Å²) >= 11 is 7.64. The molecule has 1 aromatic heterocycles. The first kappa shape index (κ1) is 15.8. The zero-order valence-electron chi connectivity index (χ0n) is 12.5. The Hall–Kier alpha value is -2.05. The van der Waals surface area contributed by atoms with E-state index in [4.69, 9.17) is 16.3 Å². The van der Waals surface area contributed by atoms with E-state index in [0.717, 1.165) is 28.8 Å². The first-order chi connectivity index (χ1) is 11.3. The van der Waals surface area contributed by atoms with Crippen molar-refractivity contribution >= 4 is 23.4 Å². The smallest absolute Gasteiger partial charge is 0.214 e. The Balaban J connectivity index is 1.64. The second-order valence-corrected chi connectivity index (χ2v) is 6.30. The van der Waals surface area contributed by atoms with Crippen LogP contribution >= 0.6 is 23.4 Å². The predicted octanol–water partition coefficient (Wildman–Crippen LogP) is 3.66. The maximum Gasteiger partial charge on any atom is 0.214 e. The molecule has 0 unspecified atom stereocenters. The summed E-state index contributed by atoms with van der Waals surface area (Å²) in [5, 5.41) is 13.3. The fraction of sp³-hybridized carbons (Fsp3) is 0.188. The number of aromatic nitrogens is 4. The molecule has 0 amide bonds. The van der Waals surface area contributed by atoms with Crippen molar-refractivity contribution < 1.29 is 4.74 Å². The highest BCUT2D eigenvalue weighted by molar-refractivity contribution is 7.99. The van der Waals surface area contributed by atoms with Crippen LogP contribution in [0.25, 0.3) is 5.69 Å². The van der Waals surface area contributed by atoms with Crippen LogP contribution in [0.5, 0.6) is 5.75 Å². The number of ether oxygens (including phenoxy) is 1. The molecule has 0 aliphatic rings. The fourth-order valence-electron chi connectivity index (χ4n) is 2.09. The number of aryl methyl sites for hydroxylation is 1. The summed E-state index contributed by atoms with van der Waals surface area (Å²) in [6.45, 7) is 0. The minimum Gasteiger partial charge on any atom is -0.497 e. The van der Waals surface area contributed by atoms with Crippen LogP contribution in [0.2, 0.25) is 5.02 Å². The van der Waals surface area contributed by atoms with Crippen molar-refractivity contribution in [3.8, 4) is 11.4 Å². The second-order valence-electron chi connectivity index (χ2n) is 4.80. The van der Waals surface area contributed by atoms with Crippen LogP contribution in [0.3, 0.4) is 0 Å². The number of rotatable bonds is 6. The number of thioether (sulfide) groups is 1. The lowest BCUT2D eigenvalue weighted by Crippen LogP contribution is -2.00. The normalized spacial score (nSPS) is 10.7. The number of benzene rings is 2. The van der Waals surface area contributed by atoms with Crippen molar-refractivity contribution in [1.82, 2.24) is 20.2 Å². The zero-order chi connectivity index (χ0) is 16.1. The van der Waals surface area contributed by atoms with Gasteiger partial charge >= 0.3 is 0 Å². The van der Waals surface area contributed by atoms with Crippen molar-refractivity contribution in [1.29, 1.82) is 0 Å². The van der Waals surface area contributed by atoms with Gasteiger partial charge in [0.25, 0.3) is 0 Å². The van der Waals surface area contributed by atoms with Gasteiger partial charge in [0.15, 0.2) is 0 Å². The molecule has 0 bridgehead atoms. The molecule has 1 heterocycles. The minimum absolute atomic E-state index is 0.659. The molecular weight excluding hydrogens is 332 g/mol. The Morgan fingerprint density at radius 2 is 2.00 bits per heavy atom. The lowest BCUT2D eigenvalue weighted by atomic mass is 10.2. The molecule has 0 atom stereocenters. The topological polar surface area (TPSA) is 52.8 Å². The van der Waals surface area contributed by atoms with Crippen molar-refractivity contribution in [3.05, 3.63) is 59.1 Å². The van der Waals surface area contributed by atoms with Gasteiger partial charge in [-0.05, 0) is 52.7 Å². The lowest BCUT2D eigenvalue weighted by Gasteiger charge is -2.05. The van der Waals surface area contributed by atoms with E-state index in [-0.39, 0.29) is 0 Å². The molecule has 23 heavy (non-hydrogen) atoms. The lowest BCUT2D eigenvalue weighted by molar-refractivity contribution is 0.414. The Kier molecular flexibility index (Phi) is 5.15. The van der Waals surface area contributed by atoms with E-state index >= 15 is 0 Å². The van der Waals surface area contributed by atoms with E-state index in [2.05, 4.69) is 27.7 Å². The van der Waals surface area contributed by atoms with Crippen molar-refractivity contribution in [3.63, 3.8) is 0 Å². The molecular formula is C16H15ClN4OS. The third-order valence-electron chi connectivity index (χ3n) is 3.27. The first-order valence-corrected chi connectivity index (χ1v) is 8.42. The molecule has 7 heteroatoms. The third kappa shape index (κ3) is 4.03. The van der Waals surface area contributed by atoms with Crippen LogP contribution in [-0.4, -0.2) is 33.1 Å². The average molecular weight is 347 g/mol. The second kappa shape index (κ2) is 7.48. The van der Waals surface area contributed by atoms with Gasteiger partial charge in [0.1, 0.15) is 5.75 Å². The van der Waals surface area contributed by atoms with Crippen LogP contribution in [0.1, 0.15) is 5.56 Å². The Morgan fingerprint density at radius 3 is 2.74 bits per heavy atom. The summed E-state index contributed by atoms with van der Waals surface area (Å²) in [6.07, 6.45) is 0.928. The Bertz CT molecular complexity index is 776. The van der Waals surface area contributed by atoms with Gasteiger partial charge in [0, 0.05) is 10.8 Å². The van der Waals surface area contributed by atoms with Gasteiger partial charge in [-0.3, -0.25) is 0 Å². The molecule has 0 saturated carbocycles. The van der Waals surface area contributed by atoms with Crippen molar-refractivity contribution in [2.75, 3.05) is 12.9 Å². The number of hydrogen-bond acceptors (Lipinski definition) is 5. The largest absolute Gasteiger partial charge is 0.497 e. The molecule has 0 aliphatic heterocycles. The summed E-state index contributed by atoms with van der Waals surface area (Å²) in [7, 11) is 1.67. The van der Waals surface area contributed by atoms with E-state index in [1.54, 1.807) is 23.6 Å². The SMILES string of the molecule is COc1ccc(CCSc2nnnn2-c2cccc(Cl)c2)cc1. The van der Waals surface area contributed by atoms with E-state index < -0.39 is 0 Å². The minimum atomic E-state index is 0.659. The summed E-state index contributed by atoms with van der Waals surface area (Å²) in [4.78, 5) is 0. The number of methoxy groups -OCH3 is 1. The van der Waals surface area contributed by atoms with Crippen LogP contribution in [-0.2, 0) is 6.42 Å². The van der Waals surface area contributed by atoms with Gasteiger partial charge in [-0.15, -0.1) is 5.10 Å². The number of tetrazole rings is 1. The molecule has 0 N–H and O–H groups in total. The quantitative estimate of drug-likeness (QED) is 0.637. The monoisotopic (exact) mass is 346 g/mol. The zero-order valence-corrected chi connectivity index (χ0v) is 14.1. The molecule has 0 spiro atoms. The summed E-state index contributed by atoms with van der Waals surface area (Å²) in [5.74, 6) is 1.75. The van der Waals surface area contributed by atoms with Crippen LogP contribution in [0.4, 0.5) is 0 Å². The molecule has 0 fully saturated rings. The van der Waals surface area contributed by atoms with Gasteiger partial charge in [0.05, 0.1) is 12.8 Å². The van der Waals surface area contributed by atoms with E-state index in [1.807, 2.05) is 36.4 Å². The highest BCUT2D eigenvalue weighted by Gasteiger charge is 2.09. The molecule has 3 aromatic rings. The van der Waals surface area contributed by atoms with Crippen molar-refractivity contribution in [2.45, 2.75) is 11.6 Å². The van der Waals surface area contributed by atoms with E-state index in [9.17, 15) is 0 Å². The predicted molar refractivity (Wildman–Crippen MR) is 91.6 cm³/mol. The van der Waals surface area contributed by atoms with E-state index in [0.29, 0.717) is 5.02 Å². The van der Waals surface area contributed by atoms with Gasteiger partial charge in [0.2, 0.25) is 5.16 Å². The number of hydrogen-bond donors (Lipinski definition) is 0. The highest BCUT2D eigenvalue weighted by Crippen LogP contribution is 2.21. The Labute approximate surface area is 143 Å². The van der Waals surface area contributed by atoms with Gasteiger partial charge in [-0.1, -0.05) is 41.6 Å². The molecule has 2 aromatic carbocycles. The molecule has 118 valence electrons. The van der Waals surface area contributed by atoms with Gasteiger partial charge in [-0.2, -0.15) is 4.68 Å². The maximum atomic E-state index is 6.02. The van der Waals surface area contributed by atoms with Crippen LogP contribution in [0, 0.1) is 0 Å². The third-order valence-corrected chi connectivity index (χ3v) is 4.43. The van der Waals surface area contributed by atoms with E-state index in [1.165, 1.54) is 5.56 Å². The van der Waals surface area contributed by atoms with Gasteiger partial charge in [-0.25, -0.2) is 0 Å². The standard InChI is InChI=1S/C16H15ClN4OS/c1-22-15-7-5-12(6-8-15)9-10-23-16-18-19-20-21(16)14-4-2-3-13(17)11-14/h2-8,11H,9-10H2,1H3. The maximum absolute atomic E-state index is 6.02. The summed E-state index contributed by atoms with van der Waals surface area (Å²) < 4.78 is 6.86. The molecule has 5 nitrogen and oxygen atoms in total. The molecule has 0 radical (unpaired) electrons. The number of nitrogens with zero attached hydrogens (tertiary/aromatic N) is 4. The number of halogens is 1.